The van der Waals surface area contributed by atoms with Crippen LogP contribution < -0.4 is 4.72 Å². The average molecular weight is 388 g/mol. The van der Waals surface area contributed by atoms with Crippen LogP contribution in [0.25, 0.3) is 0 Å². The fourth-order valence-corrected chi connectivity index (χ4v) is 4.26. The van der Waals surface area contributed by atoms with Crippen molar-refractivity contribution in [3.05, 3.63) is 26.8 Å². The number of sulfonamides is 1. The normalized spacial score (nSPS) is 12.5. The van der Waals surface area contributed by atoms with Gasteiger partial charge in [-0.05, 0) is 46.2 Å². The van der Waals surface area contributed by atoms with Gasteiger partial charge in [0.15, 0.2) is 0 Å². The second-order valence-corrected chi connectivity index (χ2v) is 8.37. The van der Waals surface area contributed by atoms with Crippen LogP contribution in [0, 0.1) is 8.99 Å². The molecule has 17 heavy (non-hydrogen) atoms. The number of benzene rings is 1. The summed E-state index contributed by atoms with van der Waals surface area (Å²) in [6.07, 6.45) is 0. The van der Waals surface area contributed by atoms with Crippen molar-refractivity contribution < 1.29 is 8.42 Å². The third-order valence-electron chi connectivity index (χ3n) is 1.82. The van der Waals surface area contributed by atoms with E-state index in [1.54, 1.807) is 18.2 Å². The molecule has 1 N–H and O–H groups in total. The van der Waals surface area contributed by atoms with E-state index in [4.69, 9.17) is 11.6 Å². The van der Waals surface area contributed by atoms with Gasteiger partial charge in [0, 0.05) is 8.59 Å². The minimum Gasteiger partial charge on any atom is -0.282 e. The molecule has 96 valence electrons. The molecule has 0 radical (unpaired) electrons. The van der Waals surface area contributed by atoms with E-state index < -0.39 is 10.0 Å². The Morgan fingerprint density at radius 3 is 2.41 bits per heavy atom. The van der Waals surface area contributed by atoms with Gasteiger partial charge in [-0.2, -0.15) is 0 Å². The van der Waals surface area contributed by atoms with Crippen molar-refractivity contribution in [3.8, 4) is 0 Å². The van der Waals surface area contributed by atoms with Crippen LogP contribution in [0.4, 0.5) is 5.69 Å². The molecule has 6 heteroatoms. The molecule has 0 heterocycles. The Bertz CT molecular complexity index is 509. The Morgan fingerprint density at radius 1 is 1.35 bits per heavy atom. The molecule has 0 amide bonds. The summed E-state index contributed by atoms with van der Waals surface area (Å²) in [6.45, 7) is 5.66. The lowest BCUT2D eigenvalue weighted by Crippen LogP contribution is -2.26. The fourth-order valence-electron chi connectivity index (χ4n) is 1.35. The standard InChI is InChI=1S/C11H15ClINO2S/c1-11(2,3)7-17(15,16)14-10-5-4-8(12)6-9(10)13/h4-6,14H,7H2,1-3H3. The summed E-state index contributed by atoms with van der Waals surface area (Å²) in [5.74, 6) is 0.0821. The van der Waals surface area contributed by atoms with Crippen molar-refractivity contribution in [2.45, 2.75) is 20.8 Å². The molecule has 1 rings (SSSR count). The van der Waals surface area contributed by atoms with Crippen molar-refractivity contribution in [2.24, 2.45) is 5.41 Å². The Kier molecular flexibility index (Phi) is 4.71. The monoisotopic (exact) mass is 387 g/mol. The molecule has 0 aromatic heterocycles. The molecule has 0 saturated heterocycles. The third-order valence-corrected chi connectivity index (χ3v) is 4.72. The second-order valence-electron chi connectivity index (χ2n) is 5.05. The topological polar surface area (TPSA) is 46.2 Å². The van der Waals surface area contributed by atoms with E-state index >= 15 is 0 Å². The van der Waals surface area contributed by atoms with E-state index in [0.717, 1.165) is 3.57 Å². The lowest BCUT2D eigenvalue weighted by Gasteiger charge is -2.19. The van der Waals surface area contributed by atoms with Crippen molar-refractivity contribution in [1.82, 2.24) is 0 Å². The van der Waals surface area contributed by atoms with Crippen LogP contribution in [0.1, 0.15) is 20.8 Å². The Morgan fingerprint density at radius 2 is 1.94 bits per heavy atom. The summed E-state index contributed by atoms with van der Waals surface area (Å²) in [5.41, 5.74) is 0.295. The van der Waals surface area contributed by atoms with Crippen LogP contribution in [0.5, 0.6) is 0 Å². The highest BCUT2D eigenvalue weighted by Gasteiger charge is 2.22. The zero-order valence-corrected chi connectivity index (χ0v) is 13.6. The molecule has 0 atom stereocenters. The highest BCUT2D eigenvalue weighted by atomic mass is 127. The maximum atomic E-state index is 11.9. The van der Waals surface area contributed by atoms with Crippen molar-refractivity contribution >= 4 is 49.9 Å². The lowest BCUT2D eigenvalue weighted by atomic mass is 10.0. The first-order chi connectivity index (χ1) is 7.59. The number of hydrogen-bond donors (Lipinski definition) is 1. The number of rotatable bonds is 3. The SMILES string of the molecule is CC(C)(C)CS(=O)(=O)Nc1ccc(Cl)cc1I. The van der Waals surface area contributed by atoms with Gasteiger partial charge in [0.1, 0.15) is 0 Å². The highest BCUT2D eigenvalue weighted by molar-refractivity contribution is 14.1. The maximum Gasteiger partial charge on any atom is 0.233 e. The average Bonchev–Trinajstić information content (AvgIpc) is 2.05. The summed E-state index contributed by atoms with van der Waals surface area (Å²) in [4.78, 5) is 0. The second kappa shape index (κ2) is 5.32. The molecule has 0 aliphatic heterocycles. The fraction of sp³-hybridized carbons (Fsp3) is 0.455. The number of anilines is 1. The molecule has 1 aromatic carbocycles. The van der Waals surface area contributed by atoms with Crippen LogP contribution in [0.2, 0.25) is 5.02 Å². The first-order valence-electron chi connectivity index (χ1n) is 5.05. The molecule has 0 saturated carbocycles. The Labute approximate surface area is 121 Å². The van der Waals surface area contributed by atoms with Crippen LogP contribution in [-0.2, 0) is 10.0 Å². The lowest BCUT2D eigenvalue weighted by molar-refractivity contribution is 0.463. The molecule has 0 fully saturated rings. The van der Waals surface area contributed by atoms with Gasteiger partial charge in [0.05, 0.1) is 11.4 Å². The van der Waals surface area contributed by atoms with E-state index in [0.29, 0.717) is 10.7 Å². The summed E-state index contributed by atoms with van der Waals surface area (Å²) in [7, 11) is -3.33. The minimum absolute atomic E-state index is 0.0821. The first-order valence-corrected chi connectivity index (χ1v) is 8.15. The van der Waals surface area contributed by atoms with Gasteiger partial charge in [0.25, 0.3) is 0 Å². The molecular formula is C11H15ClINO2S. The van der Waals surface area contributed by atoms with Crippen molar-refractivity contribution in [3.63, 3.8) is 0 Å². The quantitative estimate of drug-likeness (QED) is 0.803. The van der Waals surface area contributed by atoms with Crippen LogP contribution >= 0.6 is 34.2 Å². The summed E-state index contributed by atoms with van der Waals surface area (Å²) in [6, 6.07) is 5.06. The van der Waals surface area contributed by atoms with Crippen molar-refractivity contribution in [1.29, 1.82) is 0 Å². The van der Waals surface area contributed by atoms with Crippen LogP contribution in [-0.4, -0.2) is 14.2 Å². The molecule has 1 aromatic rings. The Hall–Kier alpha value is -0.0100. The molecule has 0 spiro atoms. The van der Waals surface area contributed by atoms with Gasteiger partial charge in [-0.25, -0.2) is 8.42 Å². The molecule has 0 bridgehead atoms. The molecule has 0 aliphatic rings. The van der Waals surface area contributed by atoms with Crippen LogP contribution in [0.3, 0.4) is 0 Å². The van der Waals surface area contributed by atoms with Gasteiger partial charge in [-0.15, -0.1) is 0 Å². The van der Waals surface area contributed by atoms with Gasteiger partial charge in [0.2, 0.25) is 10.0 Å². The van der Waals surface area contributed by atoms with E-state index in [9.17, 15) is 8.42 Å². The zero-order chi connectivity index (χ0) is 13.3. The number of hydrogen-bond acceptors (Lipinski definition) is 2. The molecular weight excluding hydrogens is 373 g/mol. The summed E-state index contributed by atoms with van der Waals surface area (Å²) < 4.78 is 27.2. The van der Waals surface area contributed by atoms with E-state index in [-0.39, 0.29) is 11.2 Å². The van der Waals surface area contributed by atoms with Crippen LogP contribution in [0.15, 0.2) is 18.2 Å². The van der Waals surface area contributed by atoms with Gasteiger partial charge in [-0.3, -0.25) is 4.72 Å². The predicted molar refractivity (Wildman–Crippen MR) is 81.0 cm³/mol. The summed E-state index contributed by atoms with van der Waals surface area (Å²) >= 11 is 7.86. The van der Waals surface area contributed by atoms with Gasteiger partial charge < -0.3 is 0 Å². The highest BCUT2D eigenvalue weighted by Crippen LogP contribution is 2.24. The molecule has 0 unspecified atom stereocenters. The van der Waals surface area contributed by atoms with E-state index in [1.807, 2.05) is 20.8 Å². The summed E-state index contributed by atoms with van der Waals surface area (Å²) in [5, 5.41) is 0.591. The van der Waals surface area contributed by atoms with Crippen molar-refractivity contribution in [2.75, 3.05) is 10.5 Å². The first kappa shape index (κ1) is 15.0. The molecule has 3 nitrogen and oxygen atoms in total. The molecule has 0 aliphatic carbocycles. The van der Waals surface area contributed by atoms with Gasteiger partial charge >= 0.3 is 0 Å². The number of halogens is 2. The smallest absolute Gasteiger partial charge is 0.233 e. The maximum absolute atomic E-state index is 11.9. The zero-order valence-electron chi connectivity index (χ0n) is 9.92. The predicted octanol–water partition coefficient (Wildman–Crippen LogP) is 3.73. The largest absolute Gasteiger partial charge is 0.282 e. The third kappa shape index (κ3) is 5.44. The Balaban J connectivity index is 2.91. The van der Waals surface area contributed by atoms with Gasteiger partial charge in [-0.1, -0.05) is 32.4 Å². The van der Waals surface area contributed by atoms with E-state index in [2.05, 4.69) is 27.3 Å². The minimum atomic E-state index is -3.33. The van der Waals surface area contributed by atoms with E-state index in [1.165, 1.54) is 0 Å². The number of nitrogens with one attached hydrogen (secondary N) is 1.